The van der Waals surface area contributed by atoms with Gasteiger partial charge in [-0.3, -0.25) is 9.59 Å². The lowest BCUT2D eigenvalue weighted by Gasteiger charge is -2.24. The fourth-order valence-corrected chi connectivity index (χ4v) is 1.95. The van der Waals surface area contributed by atoms with Crippen LogP contribution in [0, 0.1) is 0 Å². The van der Waals surface area contributed by atoms with Crippen molar-refractivity contribution in [2.75, 3.05) is 6.54 Å². The fraction of sp³-hybridized carbons (Fsp3) is 0.538. The minimum atomic E-state index is -0.186. The Morgan fingerprint density at radius 1 is 1.39 bits per heavy atom. The van der Waals surface area contributed by atoms with Gasteiger partial charge in [0.05, 0.1) is 4.88 Å². The lowest BCUT2D eigenvalue weighted by molar-refractivity contribution is -0.122. The summed E-state index contributed by atoms with van der Waals surface area (Å²) in [5.74, 6) is -0.152. The van der Waals surface area contributed by atoms with E-state index in [1.807, 2.05) is 32.2 Å². The van der Waals surface area contributed by atoms with Crippen molar-refractivity contribution in [1.29, 1.82) is 0 Å². The molecular formula is C13H20N2O2S. The topological polar surface area (TPSA) is 58.2 Å². The molecule has 0 radical (unpaired) electrons. The Bertz CT molecular complexity index is 399. The molecule has 2 amide bonds. The molecule has 0 atom stereocenters. The van der Waals surface area contributed by atoms with Crippen molar-refractivity contribution in [2.24, 2.45) is 0 Å². The Hall–Kier alpha value is -1.36. The third kappa shape index (κ3) is 4.87. The summed E-state index contributed by atoms with van der Waals surface area (Å²) in [4.78, 5) is 23.9. The molecule has 5 heteroatoms. The van der Waals surface area contributed by atoms with Gasteiger partial charge in [0, 0.05) is 18.5 Å². The largest absolute Gasteiger partial charge is 0.351 e. The van der Waals surface area contributed by atoms with Crippen LogP contribution in [0.15, 0.2) is 17.5 Å². The fourth-order valence-electron chi connectivity index (χ4n) is 1.31. The molecule has 18 heavy (non-hydrogen) atoms. The number of rotatable bonds is 6. The Balaban J connectivity index is 2.26. The maximum atomic E-state index is 11.6. The predicted molar refractivity (Wildman–Crippen MR) is 73.8 cm³/mol. The zero-order chi connectivity index (χ0) is 13.6. The van der Waals surface area contributed by atoms with Gasteiger partial charge in [-0.25, -0.2) is 0 Å². The molecule has 0 aliphatic carbocycles. The maximum absolute atomic E-state index is 11.6. The first-order valence-corrected chi connectivity index (χ1v) is 6.95. The summed E-state index contributed by atoms with van der Waals surface area (Å²) < 4.78 is 0. The molecule has 1 aromatic rings. The molecule has 2 N–H and O–H groups in total. The predicted octanol–water partition coefficient (Wildman–Crippen LogP) is 2.17. The third-order valence-electron chi connectivity index (χ3n) is 2.74. The highest BCUT2D eigenvalue weighted by Gasteiger charge is 2.17. The number of carbonyl (C=O) groups excluding carboxylic acids is 2. The monoisotopic (exact) mass is 268 g/mol. The molecule has 1 aromatic heterocycles. The summed E-state index contributed by atoms with van der Waals surface area (Å²) >= 11 is 1.39. The molecule has 0 spiro atoms. The van der Waals surface area contributed by atoms with Gasteiger partial charge in [-0.1, -0.05) is 13.0 Å². The van der Waals surface area contributed by atoms with Crippen LogP contribution in [-0.2, 0) is 4.79 Å². The van der Waals surface area contributed by atoms with E-state index < -0.39 is 0 Å². The highest BCUT2D eigenvalue weighted by Crippen LogP contribution is 2.08. The molecule has 0 saturated carbocycles. The second-order valence-corrected chi connectivity index (χ2v) is 5.72. The number of hydrogen-bond donors (Lipinski definition) is 2. The summed E-state index contributed by atoms with van der Waals surface area (Å²) in [7, 11) is 0. The van der Waals surface area contributed by atoms with Crippen molar-refractivity contribution in [3.63, 3.8) is 0 Å². The smallest absolute Gasteiger partial charge is 0.261 e. The molecule has 0 aromatic carbocycles. The molecule has 0 aliphatic heterocycles. The number of amides is 2. The van der Waals surface area contributed by atoms with E-state index in [1.165, 1.54) is 11.3 Å². The van der Waals surface area contributed by atoms with Gasteiger partial charge in [0.15, 0.2) is 0 Å². The minimum absolute atomic E-state index is 0.0340. The second-order valence-electron chi connectivity index (χ2n) is 4.77. The Labute approximate surface area is 112 Å². The summed E-state index contributed by atoms with van der Waals surface area (Å²) in [5.41, 5.74) is -0.186. The van der Waals surface area contributed by atoms with Crippen LogP contribution in [-0.4, -0.2) is 23.9 Å². The highest BCUT2D eigenvalue weighted by atomic mass is 32.1. The van der Waals surface area contributed by atoms with Gasteiger partial charge in [0.25, 0.3) is 5.91 Å². The molecule has 1 heterocycles. The Morgan fingerprint density at radius 2 is 2.11 bits per heavy atom. The van der Waals surface area contributed by atoms with E-state index in [0.29, 0.717) is 17.8 Å². The third-order valence-corrected chi connectivity index (χ3v) is 3.61. The van der Waals surface area contributed by atoms with Crippen LogP contribution in [0.2, 0.25) is 0 Å². The zero-order valence-corrected chi connectivity index (χ0v) is 11.9. The zero-order valence-electron chi connectivity index (χ0n) is 11.1. The summed E-state index contributed by atoms with van der Waals surface area (Å²) in [6, 6.07) is 3.59. The van der Waals surface area contributed by atoms with Crippen molar-refractivity contribution < 1.29 is 9.59 Å². The van der Waals surface area contributed by atoms with E-state index in [0.717, 1.165) is 6.42 Å². The molecule has 0 fully saturated rings. The summed E-state index contributed by atoms with van der Waals surface area (Å²) in [6.45, 7) is 6.35. The van der Waals surface area contributed by atoms with E-state index in [2.05, 4.69) is 10.6 Å². The van der Waals surface area contributed by atoms with Crippen LogP contribution in [0.25, 0.3) is 0 Å². The molecule has 1 rings (SSSR count). The Morgan fingerprint density at radius 3 is 2.67 bits per heavy atom. The average Bonchev–Trinajstić information content (AvgIpc) is 2.81. The lowest BCUT2D eigenvalue weighted by atomic mass is 10.0. The highest BCUT2D eigenvalue weighted by molar-refractivity contribution is 7.12. The van der Waals surface area contributed by atoms with Crippen molar-refractivity contribution in [3.05, 3.63) is 22.4 Å². The van der Waals surface area contributed by atoms with Gasteiger partial charge in [0.2, 0.25) is 5.91 Å². The first-order chi connectivity index (χ1) is 8.44. The minimum Gasteiger partial charge on any atom is -0.351 e. The molecule has 0 bridgehead atoms. The van der Waals surface area contributed by atoms with Crippen molar-refractivity contribution in [1.82, 2.24) is 10.6 Å². The van der Waals surface area contributed by atoms with Gasteiger partial charge >= 0.3 is 0 Å². The standard InChI is InChI=1S/C13H20N2O2S/c1-4-13(2,3)15-11(16)7-8-14-12(17)10-6-5-9-18-10/h5-6,9H,4,7-8H2,1-3H3,(H,14,17)(H,15,16). The van der Waals surface area contributed by atoms with Crippen LogP contribution < -0.4 is 10.6 Å². The van der Waals surface area contributed by atoms with E-state index in [1.54, 1.807) is 6.07 Å². The quantitative estimate of drug-likeness (QED) is 0.830. The molecule has 0 aliphatic rings. The molecule has 0 saturated heterocycles. The number of carbonyl (C=O) groups is 2. The van der Waals surface area contributed by atoms with Gasteiger partial charge in [-0.05, 0) is 31.7 Å². The van der Waals surface area contributed by atoms with Crippen LogP contribution in [0.5, 0.6) is 0 Å². The van der Waals surface area contributed by atoms with E-state index in [9.17, 15) is 9.59 Å². The number of thiophene rings is 1. The van der Waals surface area contributed by atoms with Crippen LogP contribution in [0.3, 0.4) is 0 Å². The SMILES string of the molecule is CCC(C)(C)NC(=O)CCNC(=O)c1cccs1. The second kappa shape index (κ2) is 6.54. The van der Waals surface area contributed by atoms with Crippen molar-refractivity contribution >= 4 is 23.2 Å². The summed E-state index contributed by atoms with van der Waals surface area (Å²) in [5, 5.41) is 7.51. The normalized spacial score (nSPS) is 11.1. The van der Waals surface area contributed by atoms with Gasteiger partial charge in [0.1, 0.15) is 0 Å². The molecule has 0 unspecified atom stereocenters. The van der Waals surface area contributed by atoms with Crippen molar-refractivity contribution in [3.8, 4) is 0 Å². The van der Waals surface area contributed by atoms with Gasteiger partial charge in [-0.2, -0.15) is 0 Å². The van der Waals surface area contributed by atoms with Gasteiger partial charge in [-0.15, -0.1) is 11.3 Å². The van der Waals surface area contributed by atoms with Crippen molar-refractivity contribution in [2.45, 2.75) is 39.2 Å². The number of hydrogen-bond acceptors (Lipinski definition) is 3. The molecule has 4 nitrogen and oxygen atoms in total. The van der Waals surface area contributed by atoms with E-state index in [-0.39, 0.29) is 17.4 Å². The van der Waals surface area contributed by atoms with Crippen LogP contribution in [0.1, 0.15) is 43.3 Å². The van der Waals surface area contributed by atoms with E-state index in [4.69, 9.17) is 0 Å². The Kier molecular flexibility index (Phi) is 5.34. The average molecular weight is 268 g/mol. The lowest BCUT2D eigenvalue weighted by Crippen LogP contribution is -2.43. The molecular weight excluding hydrogens is 248 g/mol. The van der Waals surface area contributed by atoms with Crippen LogP contribution >= 0.6 is 11.3 Å². The van der Waals surface area contributed by atoms with Crippen LogP contribution in [0.4, 0.5) is 0 Å². The summed E-state index contributed by atoms with van der Waals surface area (Å²) in [6.07, 6.45) is 1.18. The molecule has 100 valence electrons. The first-order valence-electron chi connectivity index (χ1n) is 6.07. The van der Waals surface area contributed by atoms with Gasteiger partial charge < -0.3 is 10.6 Å². The number of nitrogens with one attached hydrogen (secondary N) is 2. The first kappa shape index (κ1) is 14.7. The maximum Gasteiger partial charge on any atom is 0.261 e. The van der Waals surface area contributed by atoms with E-state index >= 15 is 0 Å².